The van der Waals surface area contributed by atoms with E-state index in [0.717, 1.165) is 27.2 Å². The van der Waals surface area contributed by atoms with E-state index in [4.69, 9.17) is 0 Å². The number of aryl methyl sites for hydroxylation is 2. The van der Waals surface area contributed by atoms with Crippen LogP contribution in [0.1, 0.15) is 16.8 Å². The maximum atomic E-state index is 13.7. The molecule has 0 unspecified atom stereocenters. The Morgan fingerprint density at radius 1 is 1.00 bits per heavy atom. The number of hydrazone groups is 1. The highest BCUT2D eigenvalue weighted by Gasteiger charge is 2.47. The van der Waals surface area contributed by atoms with Crippen LogP contribution in [0.3, 0.4) is 0 Å². The summed E-state index contributed by atoms with van der Waals surface area (Å²) in [5.74, 6) is -0.799. The van der Waals surface area contributed by atoms with Crippen LogP contribution in [0.2, 0.25) is 0 Å². The van der Waals surface area contributed by atoms with E-state index in [2.05, 4.69) is 5.10 Å². The number of benzene rings is 2. The summed E-state index contributed by atoms with van der Waals surface area (Å²) in [5.41, 5.74) is 1.93. The molecular weight excluding hydrogens is 379 g/mol. The Morgan fingerprint density at radius 3 is 2.34 bits per heavy atom. The molecule has 0 saturated carbocycles. The normalized spacial score (nSPS) is 16.2. The van der Waals surface area contributed by atoms with Gasteiger partial charge in [-0.2, -0.15) is 23.3 Å². The number of carbonyl (C=O) groups excluding carboxylic acids is 1. The predicted octanol–water partition coefficient (Wildman–Crippen LogP) is 5.14. The van der Waals surface area contributed by atoms with Crippen LogP contribution in [0, 0.1) is 13.8 Å². The highest BCUT2D eigenvalue weighted by atomic mass is 19.4. The van der Waals surface area contributed by atoms with E-state index >= 15 is 0 Å². The van der Waals surface area contributed by atoms with Gasteiger partial charge >= 0.3 is 6.18 Å². The molecule has 0 radical (unpaired) electrons. The molecule has 2 heterocycles. The molecular formula is C22H18F3N3O. The number of aromatic nitrogens is 1. The number of nitrogens with zero attached hydrogens (tertiary/aromatic N) is 3. The summed E-state index contributed by atoms with van der Waals surface area (Å²) in [7, 11) is 1.86. The van der Waals surface area contributed by atoms with E-state index in [9.17, 15) is 18.0 Å². The molecule has 1 aliphatic rings. The number of fused-ring (bicyclic) bond motifs is 1. The minimum Gasteiger partial charge on any atom is -0.347 e. The van der Waals surface area contributed by atoms with Crippen molar-refractivity contribution < 1.29 is 18.0 Å². The quantitative estimate of drug-likeness (QED) is 0.552. The topological polar surface area (TPSA) is 37.6 Å². The number of hydrogen-bond acceptors (Lipinski definition) is 2. The molecule has 0 aliphatic carbocycles. The van der Waals surface area contributed by atoms with E-state index in [0.29, 0.717) is 5.56 Å². The SMILES string of the molecule is Cc1cccc2c(/C=C3/C(=O)N(c4ccccc4)N=C3C(F)(F)F)c(C)n(C)c12. The number of amides is 1. The summed E-state index contributed by atoms with van der Waals surface area (Å²) >= 11 is 0. The number of rotatable bonds is 2. The molecule has 4 rings (SSSR count). The Bertz CT molecular complexity index is 1190. The molecule has 148 valence electrons. The largest absolute Gasteiger partial charge is 0.435 e. The number of carbonyl (C=O) groups is 1. The average molecular weight is 397 g/mol. The molecule has 0 N–H and O–H groups in total. The zero-order valence-electron chi connectivity index (χ0n) is 16.1. The third-order valence-electron chi connectivity index (χ3n) is 5.19. The minimum atomic E-state index is -4.75. The molecule has 0 saturated heterocycles. The van der Waals surface area contributed by atoms with Crippen LogP contribution >= 0.6 is 0 Å². The molecule has 0 fully saturated rings. The molecule has 1 aromatic heterocycles. The zero-order valence-corrected chi connectivity index (χ0v) is 16.1. The van der Waals surface area contributed by atoms with E-state index < -0.39 is 23.4 Å². The number of alkyl halides is 3. The van der Waals surface area contributed by atoms with Gasteiger partial charge in [-0.15, -0.1) is 0 Å². The second-order valence-electron chi connectivity index (χ2n) is 6.99. The molecule has 29 heavy (non-hydrogen) atoms. The van der Waals surface area contributed by atoms with Crippen molar-refractivity contribution >= 4 is 34.3 Å². The van der Waals surface area contributed by atoms with Gasteiger partial charge < -0.3 is 4.57 Å². The summed E-state index contributed by atoms with van der Waals surface area (Å²) in [6.07, 6.45) is -3.44. The number of para-hydroxylation sites is 2. The van der Waals surface area contributed by atoms with Crippen molar-refractivity contribution in [1.82, 2.24) is 4.57 Å². The van der Waals surface area contributed by atoms with Gasteiger partial charge in [0, 0.05) is 23.7 Å². The molecule has 2 aromatic carbocycles. The summed E-state index contributed by atoms with van der Waals surface area (Å²) < 4.78 is 43.0. The van der Waals surface area contributed by atoms with Gasteiger partial charge in [-0.3, -0.25) is 4.79 Å². The lowest BCUT2D eigenvalue weighted by Crippen LogP contribution is -2.25. The van der Waals surface area contributed by atoms with Crippen LogP contribution < -0.4 is 5.01 Å². The first-order valence-electron chi connectivity index (χ1n) is 9.02. The number of anilines is 1. The minimum absolute atomic E-state index is 0.285. The van der Waals surface area contributed by atoms with Crippen molar-refractivity contribution in [2.24, 2.45) is 12.1 Å². The maximum Gasteiger partial charge on any atom is 0.435 e. The van der Waals surface area contributed by atoms with Gasteiger partial charge in [0.25, 0.3) is 5.91 Å². The summed E-state index contributed by atoms with van der Waals surface area (Å²) in [6, 6.07) is 13.7. The van der Waals surface area contributed by atoms with Crippen LogP contribution in [0.4, 0.5) is 18.9 Å². The first kappa shape index (κ1) is 19.0. The molecule has 0 atom stereocenters. The second-order valence-corrected chi connectivity index (χ2v) is 6.99. The lowest BCUT2D eigenvalue weighted by Gasteiger charge is -2.10. The van der Waals surface area contributed by atoms with Gasteiger partial charge in [-0.25, -0.2) is 0 Å². The average Bonchev–Trinajstić information content (AvgIpc) is 3.13. The van der Waals surface area contributed by atoms with Crippen LogP contribution in [0.5, 0.6) is 0 Å². The number of halogens is 3. The van der Waals surface area contributed by atoms with E-state index in [1.165, 1.54) is 6.08 Å². The third kappa shape index (κ3) is 3.03. The summed E-state index contributed by atoms with van der Waals surface area (Å²) in [6.45, 7) is 3.77. The molecule has 1 aliphatic heterocycles. The Hall–Kier alpha value is -3.35. The van der Waals surface area contributed by atoms with Gasteiger partial charge in [0.2, 0.25) is 0 Å². The predicted molar refractivity (Wildman–Crippen MR) is 108 cm³/mol. The smallest absolute Gasteiger partial charge is 0.347 e. The Balaban J connectivity index is 1.92. The lowest BCUT2D eigenvalue weighted by molar-refractivity contribution is -0.114. The van der Waals surface area contributed by atoms with Crippen molar-refractivity contribution in [2.75, 3.05) is 5.01 Å². The summed E-state index contributed by atoms with van der Waals surface area (Å²) in [5, 5.41) is 5.22. The van der Waals surface area contributed by atoms with Crippen molar-refractivity contribution in [3.05, 3.63) is 70.9 Å². The molecule has 0 bridgehead atoms. The highest BCUT2D eigenvalue weighted by molar-refractivity contribution is 6.34. The third-order valence-corrected chi connectivity index (χ3v) is 5.19. The highest BCUT2D eigenvalue weighted by Crippen LogP contribution is 2.35. The standard InChI is InChI=1S/C22H18F3N3O/c1-13-8-7-11-16-17(14(2)27(3)19(13)16)12-18-20(22(23,24)25)26-28(21(18)29)15-9-5-4-6-10-15/h4-12H,1-3H3/b18-12+. The van der Waals surface area contributed by atoms with Gasteiger partial charge in [0.15, 0.2) is 5.71 Å². The van der Waals surface area contributed by atoms with Crippen molar-refractivity contribution in [3.63, 3.8) is 0 Å². The zero-order chi connectivity index (χ0) is 20.9. The Kier molecular flexibility index (Phi) is 4.33. The lowest BCUT2D eigenvalue weighted by atomic mass is 10.0. The van der Waals surface area contributed by atoms with Crippen LogP contribution in [-0.2, 0) is 11.8 Å². The first-order chi connectivity index (χ1) is 13.7. The Labute approximate surface area is 165 Å². The van der Waals surface area contributed by atoms with Gasteiger partial charge in [0.1, 0.15) is 0 Å². The molecule has 3 aromatic rings. The van der Waals surface area contributed by atoms with E-state index in [-0.39, 0.29) is 5.69 Å². The van der Waals surface area contributed by atoms with Gasteiger partial charge in [-0.1, -0.05) is 36.4 Å². The molecule has 1 amide bonds. The first-order valence-corrected chi connectivity index (χ1v) is 9.02. The fourth-order valence-corrected chi connectivity index (χ4v) is 3.69. The maximum absolute atomic E-state index is 13.7. The van der Waals surface area contributed by atoms with Crippen LogP contribution in [-0.4, -0.2) is 22.4 Å². The van der Waals surface area contributed by atoms with Gasteiger partial charge in [0.05, 0.1) is 16.8 Å². The fraction of sp³-hybridized carbons (Fsp3) is 0.182. The summed E-state index contributed by atoms with van der Waals surface area (Å²) in [4.78, 5) is 12.9. The van der Waals surface area contributed by atoms with Crippen LogP contribution in [0.15, 0.2) is 59.2 Å². The second kappa shape index (κ2) is 6.62. The monoisotopic (exact) mass is 397 g/mol. The van der Waals surface area contributed by atoms with E-state index in [1.807, 2.05) is 43.7 Å². The molecule has 7 heteroatoms. The fourth-order valence-electron chi connectivity index (χ4n) is 3.69. The van der Waals surface area contributed by atoms with E-state index in [1.54, 1.807) is 30.3 Å². The van der Waals surface area contributed by atoms with Crippen LogP contribution in [0.25, 0.3) is 17.0 Å². The number of hydrogen-bond donors (Lipinski definition) is 0. The molecule has 4 nitrogen and oxygen atoms in total. The molecule has 0 spiro atoms. The van der Waals surface area contributed by atoms with Crippen molar-refractivity contribution in [1.29, 1.82) is 0 Å². The van der Waals surface area contributed by atoms with Gasteiger partial charge in [-0.05, 0) is 37.6 Å². The van der Waals surface area contributed by atoms with Crippen molar-refractivity contribution in [3.8, 4) is 0 Å². The van der Waals surface area contributed by atoms with Crippen molar-refractivity contribution in [2.45, 2.75) is 20.0 Å². The Morgan fingerprint density at radius 2 is 1.69 bits per heavy atom.